The molecule has 0 saturated heterocycles. The van der Waals surface area contributed by atoms with E-state index in [9.17, 15) is 23.2 Å². The van der Waals surface area contributed by atoms with Gasteiger partial charge < -0.3 is 10.2 Å². The van der Waals surface area contributed by atoms with Crippen LogP contribution in [0.3, 0.4) is 0 Å². The minimum absolute atomic E-state index is 0. The summed E-state index contributed by atoms with van der Waals surface area (Å²) >= 11 is 0. The highest BCUT2D eigenvalue weighted by atomic mass is 32.2. The van der Waals surface area contributed by atoms with Crippen LogP contribution in [0.15, 0.2) is 63.7 Å². The number of aryl methyl sites for hydroxylation is 1. The third kappa shape index (κ3) is 3.96. The van der Waals surface area contributed by atoms with Crippen LogP contribution >= 0.6 is 0 Å². The predicted octanol–water partition coefficient (Wildman–Crippen LogP) is 3.31. The number of hydrogen-bond donors (Lipinski definition) is 3. The van der Waals surface area contributed by atoms with Crippen molar-refractivity contribution in [3.63, 3.8) is 0 Å². The second-order valence-electron chi connectivity index (χ2n) is 5.46. The van der Waals surface area contributed by atoms with Gasteiger partial charge in [-0.15, -0.1) is 10.2 Å². The Balaban J connectivity index is 0.00000243. The minimum atomic E-state index is -4.52. The first-order valence-corrected chi connectivity index (χ1v) is 8.65. The molecule has 0 saturated carbocycles. The molecule has 132 valence electrons. The molecule has 3 rings (SSSR count). The van der Waals surface area contributed by atoms with Gasteiger partial charge in [0.1, 0.15) is 27.8 Å². The maximum atomic E-state index is 11.5. The molecule has 26 heavy (non-hydrogen) atoms. The van der Waals surface area contributed by atoms with Gasteiger partial charge in [0.25, 0.3) is 10.1 Å². The van der Waals surface area contributed by atoms with Gasteiger partial charge in [-0.2, -0.15) is 8.42 Å². The number of nitrogens with zero attached hydrogens (tertiary/aromatic N) is 2. The molecule has 0 spiro atoms. The summed E-state index contributed by atoms with van der Waals surface area (Å²) in [4.78, 5) is -0.419. The molecule has 0 aromatic heterocycles. The average Bonchev–Trinajstić information content (AvgIpc) is 2.55. The molecular formula is C17H16MgN2O5S. The monoisotopic (exact) mass is 384 g/mol. The second kappa shape index (κ2) is 7.58. The van der Waals surface area contributed by atoms with Gasteiger partial charge in [0.15, 0.2) is 0 Å². The third-order valence-corrected chi connectivity index (χ3v) is 4.52. The SMILES string of the molecule is Cc1ccc(O)c(/N=N/c2c(O)cc(S(=O)(=O)O)c3ccccc23)c1.[MgH2]. The predicted molar refractivity (Wildman–Crippen MR) is 101 cm³/mol. The van der Waals surface area contributed by atoms with Crippen LogP contribution in [0, 0.1) is 6.92 Å². The highest BCUT2D eigenvalue weighted by Gasteiger charge is 2.19. The molecule has 0 bridgehead atoms. The van der Waals surface area contributed by atoms with Crippen LogP contribution < -0.4 is 0 Å². The Labute approximate surface area is 165 Å². The second-order valence-corrected chi connectivity index (χ2v) is 6.85. The Bertz CT molecular complexity index is 1110. The van der Waals surface area contributed by atoms with Crippen LogP contribution in [0.2, 0.25) is 0 Å². The largest absolute Gasteiger partial charge is 0.506 e. The van der Waals surface area contributed by atoms with Crippen molar-refractivity contribution in [1.29, 1.82) is 0 Å². The van der Waals surface area contributed by atoms with Crippen molar-refractivity contribution in [3.8, 4) is 11.5 Å². The van der Waals surface area contributed by atoms with Gasteiger partial charge in [0, 0.05) is 16.8 Å². The zero-order valence-electron chi connectivity index (χ0n) is 13.1. The first kappa shape index (κ1) is 20.1. The van der Waals surface area contributed by atoms with E-state index < -0.39 is 20.8 Å². The van der Waals surface area contributed by atoms with Crippen molar-refractivity contribution in [3.05, 3.63) is 54.1 Å². The van der Waals surface area contributed by atoms with Crippen molar-refractivity contribution in [2.45, 2.75) is 11.8 Å². The molecule has 3 N–H and O–H groups in total. The number of phenolic OH excluding ortho intramolecular Hbond substituents is 2. The Morgan fingerprint density at radius 1 is 0.885 bits per heavy atom. The van der Waals surface area contributed by atoms with Gasteiger partial charge in [-0.1, -0.05) is 30.3 Å². The molecular weight excluding hydrogens is 369 g/mol. The molecule has 0 amide bonds. The van der Waals surface area contributed by atoms with E-state index in [-0.39, 0.29) is 45.6 Å². The number of phenols is 2. The molecule has 0 unspecified atom stereocenters. The summed E-state index contributed by atoms with van der Waals surface area (Å²) in [6.07, 6.45) is 0. The summed E-state index contributed by atoms with van der Waals surface area (Å²) in [5, 5.41) is 28.4. The van der Waals surface area contributed by atoms with Gasteiger partial charge in [0.05, 0.1) is 0 Å². The van der Waals surface area contributed by atoms with Crippen LogP contribution in [-0.2, 0) is 10.1 Å². The van der Waals surface area contributed by atoms with Gasteiger partial charge in [-0.05, 0) is 24.6 Å². The lowest BCUT2D eigenvalue weighted by Crippen LogP contribution is -1.99. The number of fused-ring (bicyclic) bond motifs is 1. The smallest absolute Gasteiger partial charge is 0.316 e. The van der Waals surface area contributed by atoms with Crippen LogP contribution in [0.25, 0.3) is 10.8 Å². The molecule has 0 fully saturated rings. The Kier molecular flexibility index (Phi) is 5.86. The number of rotatable bonds is 3. The first-order valence-electron chi connectivity index (χ1n) is 7.21. The van der Waals surface area contributed by atoms with Gasteiger partial charge in [0.2, 0.25) is 0 Å². The lowest BCUT2D eigenvalue weighted by molar-refractivity contribution is 0.468. The van der Waals surface area contributed by atoms with E-state index in [0.29, 0.717) is 5.39 Å². The van der Waals surface area contributed by atoms with Crippen molar-refractivity contribution < 1.29 is 23.2 Å². The van der Waals surface area contributed by atoms with Gasteiger partial charge >= 0.3 is 23.1 Å². The molecule has 3 aromatic rings. The van der Waals surface area contributed by atoms with Crippen molar-refractivity contribution in [2.24, 2.45) is 10.2 Å². The fourth-order valence-corrected chi connectivity index (χ4v) is 3.17. The molecule has 0 aliphatic heterocycles. The molecule has 0 aliphatic carbocycles. The van der Waals surface area contributed by atoms with E-state index in [1.807, 2.05) is 6.92 Å². The first-order chi connectivity index (χ1) is 11.8. The summed E-state index contributed by atoms with van der Waals surface area (Å²) in [6, 6.07) is 12.0. The summed E-state index contributed by atoms with van der Waals surface area (Å²) < 4.78 is 32.4. The summed E-state index contributed by atoms with van der Waals surface area (Å²) in [5.74, 6) is -0.532. The van der Waals surface area contributed by atoms with Crippen molar-refractivity contribution >= 4 is 55.3 Å². The lowest BCUT2D eigenvalue weighted by atomic mass is 10.1. The fourth-order valence-electron chi connectivity index (χ4n) is 2.45. The highest BCUT2D eigenvalue weighted by Crippen LogP contribution is 2.40. The molecule has 9 heteroatoms. The summed E-state index contributed by atoms with van der Waals surface area (Å²) in [6.45, 7) is 1.83. The molecule has 0 aliphatic rings. The van der Waals surface area contributed by atoms with Gasteiger partial charge in [-0.3, -0.25) is 4.55 Å². The Morgan fingerprint density at radius 2 is 1.54 bits per heavy atom. The highest BCUT2D eigenvalue weighted by molar-refractivity contribution is 7.86. The van der Waals surface area contributed by atoms with Crippen molar-refractivity contribution in [1.82, 2.24) is 0 Å². The van der Waals surface area contributed by atoms with E-state index in [4.69, 9.17) is 0 Å². The van der Waals surface area contributed by atoms with E-state index >= 15 is 0 Å². The number of azo groups is 1. The van der Waals surface area contributed by atoms with Crippen LogP contribution in [0.1, 0.15) is 5.56 Å². The quantitative estimate of drug-likeness (QED) is 0.363. The zero-order valence-corrected chi connectivity index (χ0v) is 13.9. The normalized spacial score (nSPS) is 11.6. The van der Waals surface area contributed by atoms with E-state index in [2.05, 4.69) is 10.2 Å². The van der Waals surface area contributed by atoms with E-state index in [0.717, 1.165) is 11.6 Å². The number of aromatic hydroxyl groups is 2. The van der Waals surface area contributed by atoms with Crippen molar-refractivity contribution in [2.75, 3.05) is 0 Å². The number of benzene rings is 3. The Hall–Kier alpha value is -2.20. The van der Waals surface area contributed by atoms with Crippen LogP contribution in [0.5, 0.6) is 11.5 Å². The lowest BCUT2D eigenvalue weighted by Gasteiger charge is -2.08. The molecule has 0 radical (unpaired) electrons. The zero-order chi connectivity index (χ0) is 18.2. The van der Waals surface area contributed by atoms with Crippen LogP contribution in [0.4, 0.5) is 11.4 Å². The minimum Gasteiger partial charge on any atom is -0.506 e. The number of hydrogen-bond acceptors (Lipinski definition) is 6. The maximum Gasteiger partial charge on any atom is 0.316 e. The third-order valence-electron chi connectivity index (χ3n) is 3.62. The topological polar surface area (TPSA) is 120 Å². The summed E-state index contributed by atoms with van der Waals surface area (Å²) in [7, 11) is -4.52. The van der Waals surface area contributed by atoms with Crippen LogP contribution in [-0.4, -0.2) is 46.2 Å². The average molecular weight is 385 g/mol. The molecule has 7 nitrogen and oxygen atoms in total. The molecule has 3 aromatic carbocycles. The Morgan fingerprint density at radius 3 is 2.19 bits per heavy atom. The standard InChI is InChI=1S/C17H14N2O5S.Mg.2H/c1-10-6-7-14(20)13(8-10)18-19-17-12-5-3-2-4-11(12)16(9-15(17)21)25(22,23)24;;;/h2-9,20-21H,1H3,(H,22,23,24);;;/b19-18+;;;. The molecule has 0 heterocycles. The molecule has 0 atom stereocenters. The van der Waals surface area contributed by atoms with Gasteiger partial charge in [-0.25, -0.2) is 0 Å². The fraction of sp³-hybridized carbons (Fsp3) is 0.0588. The summed E-state index contributed by atoms with van der Waals surface area (Å²) in [5.41, 5.74) is 1.11. The van der Waals surface area contributed by atoms with E-state index in [1.165, 1.54) is 12.1 Å². The maximum absolute atomic E-state index is 11.5. The van der Waals surface area contributed by atoms with E-state index in [1.54, 1.807) is 30.3 Å².